The summed E-state index contributed by atoms with van der Waals surface area (Å²) in [6, 6.07) is 1.74. The van der Waals surface area contributed by atoms with Crippen LogP contribution in [0.25, 0.3) is 0 Å². The van der Waals surface area contributed by atoms with Crippen molar-refractivity contribution < 1.29 is 14.3 Å². The molecule has 2 aliphatic rings. The summed E-state index contributed by atoms with van der Waals surface area (Å²) in [7, 11) is 1.81. The second kappa shape index (κ2) is 5.86. The fraction of sp³-hybridized carbons (Fsp3) is 0.647. The zero-order valence-electron chi connectivity index (χ0n) is 13.8. The Morgan fingerprint density at radius 2 is 2.13 bits per heavy atom. The van der Waals surface area contributed by atoms with E-state index in [4.69, 9.17) is 16.3 Å². The predicted molar refractivity (Wildman–Crippen MR) is 87.4 cm³/mol. The van der Waals surface area contributed by atoms with Crippen LogP contribution in [0.3, 0.4) is 0 Å². The van der Waals surface area contributed by atoms with Gasteiger partial charge < -0.3 is 14.2 Å². The average Bonchev–Trinajstić information content (AvgIpc) is 3.17. The molecule has 6 heteroatoms. The van der Waals surface area contributed by atoms with Crippen molar-refractivity contribution in [2.45, 2.75) is 51.6 Å². The molecule has 3 rings (SSSR count). The van der Waals surface area contributed by atoms with Crippen LogP contribution in [0.5, 0.6) is 0 Å². The van der Waals surface area contributed by atoms with Gasteiger partial charge in [0.25, 0.3) is 5.91 Å². The van der Waals surface area contributed by atoms with Crippen LogP contribution in [0.15, 0.2) is 12.3 Å². The number of hydrogen-bond acceptors (Lipinski definition) is 3. The van der Waals surface area contributed by atoms with E-state index in [9.17, 15) is 9.59 Å². The Morgan fingerprint density at radius 3 is 2.70 bits per heavy atom. The van der Waals surface area contributed by atoms with Crippen LogP contribution >= 0.6 is 11.6 Å². The predicted octanol–water partition coefficient (Wildman–Crippen LogP) is 3.01. The highest BCUT2D eigenvalue weighted by molar-refractivity contribution is 6.31. The Morgan fingerprint density at radius 1 is 1.39 bits per heavy atom. The van der Waals surface area contributed by atoms with Gasteiger partial charge in [-0.3, -0.25) is 9.59 Å². The molecule has 0 unspecified atom stereocenters. The first-order valence-electron chi connectivity index (χ1n) is 8.26. The van der Waals surface area contributed by atoms with E-state index in [0.717, 1.165) is 12.8 Å². The molecule has 0 N–H and O–H groups in total. The van der Waals surface area contributed by atoms with Crippen LogP contribution in [0.2, 0.25) is 5.02 Å². The number of ether oxygens (including phenoxy) is 1. The first kappa shape index (κ1) is 16.4. The van der Waals surface area contributed by atoms with Crippen LogP contribution < -0.4 is 0 Å². The molecule has 3 heterocycles. The SMILES string of the molecule is CCOC(=O)[C@@]1(CC)C[C@H]2CC[C@@H]1N2C(=O)c1cc(Cl)cn1C. The van der Waals surface area contributed by atoms with E-state index >= 15 is 0 Å². The molecule has 1 aromatic rings. The van der Waals surface area contributed by atoms with Gasteiger partial charge in [-0.25, -0.2) is 0 Å². The highest BCUT2D eigenvalue weighted by atomic mass is 35.5. The quantitative estimate of drug-likeness (QED) is 0.793. The molecule has 2 saturated heterocycles. The van der Waals surface area contributed by atoms with Crippen LogP contribution in [0.1, 0.15) is 50.0 Å². The van der Waals surface area contributed by atoms with E-state index < -0.39 is 5.41 Å². The molecule has 126 valence electrons. The second-order valence-electron chi connectivity index (χ2n) is 6.55. The summed E-state index contributed by atoms with van der Waals surface area (Å²) in [6.07, 6.45) is 4.95. The number of halogens is 1. The lowest BCUT2D eigenvalue weighted by Crippen LogP contribution is -2.45. The van der Waals surface area contributed by atoms with Gasteiger partial charge >= 0.3 is 5.97 Å². The highest BCUT2D eigenvalue weighted by Gasteiger charge is 2.61. The fourth-order valence-electron chi connectivity index (χ4n) is 4.38. The summed E-state index contributed by atoms with van der Waals surface area (Å²) in [5.41, 5.74) is 0.0199. The van der Waals surface area contributed by atoms with Gasteiger partial charge in [0, 0.05) is 25.3 Å². The minimum Gasteiger partial charge on any atom is -0.466 e. The minimum absolute atomic E-state index is 0.0356. The van der Waals surface area contributed by atoms with Gasteiger partial charge in [0.05, 0.1) is 17.0 Å². The average molecular weight is 339 g/mol. The molecule has 1 aromatic heterocycles. The fourth-order valence-corrected chi connectivity index (χ4v) is 4.63. The number of carbonyl (C=O) groups is 2. The zero-order chi connectivity index (χ0) is 16.8. The number of hydrogen-bond donors (Lipinski definition) is 0. The summed E-state index contributed by atoms with van der Waals surface area (Å²) in [5, 5.41) is 0.551. The van der Waals surface area contributed by atoms with E-state index in [0.29, 0.717) is 30.2 Å². The van der Waals surface area contributed by atoms with Gasteiger partial charge in [-0.2, -0.15) is 0 Å². The second-order valence-corrected chi connectivity index (χ2v) is 6.98. The van der Waals surface area contributed by atoms with Crippen molar-refractivity contribution in [3.8, 4) is 0 Å². The lowest BCUT2D eigenvalue weighted by atomic mass is 9.72. The summed E-state index contributed by atoms with van der Waals surface area (Å²) in [4.78, 5) is 27.5. The van der Waals surface area contributed by atoms with Crippen molar-refractivity contribution in [3.05, 3.63) is 23.0 Å². The van der Waals surface area contributed by atoms with Crippen molar-refractivity contribution in [2.24, 2.45) is 12.5 Å². The van der Waals surface area contributed by atoms with Crippen molar-refractivity contribution in [1.82, 2.24) is 9.47 Å². The summed E-state index contributed by atoms with van der Waals surface area (Å²) >= 11 is 6.01. The molecule has 5 nitrogen and oxygen atoms in total. The third kappa shape index (κ3) is 2.36. The summed E-state index contributed by atoms with van der Waals surface area (Å²) in [5.74, 6) is -0.191. The van der Waals surface area contributed by atoms with Gasteiger partial charge in [-0.1, -0.05) is 18.5 Å². The van der Waals surface area contributed by atoms with Gasteiger partial charge in [0.1, 0.15) is 5.69 Å². The molecule has 0 saturated carbocycles. The Labute approximate surface area is 141 Å². The number of amides is 1. The van der Waals surface area contributed by atoms with E-state index in [1.807, 2.05) is 25.8 Å². The molecule has 0 spiro atoms. The van der Waals surface area contributed by atoms with Crippen molar-refractivity contribution >= 4 is 23.5 Å². The lowest BCUT2D eigenvalue weighted by molar-refractivity contribution is -0.157. The number of rotatable bonds is 4. The first-order chi connectivity index (χ1) is 10.9. The molecular weight excluding hydrogens is 316 g/mol. The maximum Gasteiger partial charge on any atom is 0.314 e. The molecule has 2 fully saturated rings. The smallest absolute Gasteiger partial charge is 0.314 e. The van der Waals surface area contributed by atoms with E-state index in [2.05, 4.69) is 0 Å². The Kier molecular flexibility index (Phi) is 4.17. The number of nitrogens with zero attached hydrogens (tertiary/aromatic N) is 2. The monoisotopic (exact) mass is 338 g/mol. The molecule has 1 amide bonds. The van der Waals surface area contributed by atoms with Gasteiger partial charge in [0.2, 0.25) is 0 Å². The Balaban J connectivity index is 1.92. The van der Waals surface area contributed by atoms with Crippen molar-refractivity contribution in [2.75, 3.05) is 6.61 Å². The molecule has 2 aliphatic heterocycles. The van der Waals surface area contributed by atoms with Crippen LogP contribution in [0.4, 0.5) is 0 Å². The Hall–Kier alpha value is -1.49. The molecule has 0 radical (unpaired) electrons. The molecular formula is C17H23ClN2O3. The Bertz CT molecular complexity index is 642. The highest BCUT2D eigenvalue weighted by Crippen LogP contribution is 2.52. The van der Waals surface area contributed by atoms with Crippen LogP contribution in [0, 0.1) is 5.41 Å². The topological polar surface area (TPSA) is 51.5 Å². The van der Waals surface area contributed by atoms with Gasteiger partial charge in [0.15, 0.2) is 0 Å². The number of esters is 1. The van der Waals surface area contributed by atoms with E-state index in [-0.39, 0.29) is 24.0 Å². The lowest BCUT2D eigenvalue weighted by Gasteiger charge is -2.34. The zero-order valence-corrected chi connectivity index (χ0v) is 14.6. The molecule has 23 heavy (non-hydrogen) atoms. The van der Waals surface area contributed by atoms with E-state index in [1.165, 1.54) is 0 Å². The number of aryl methyl sites for hydroxylation is 1. The van der Waals surface area contributed by atoms with Gasteiger partial charge in [-0.05, 0) is 38.7 Å². The van der Waals surface area contributed by atoms with Crippen molar-refractivity contribution in [3.63, 3.8) is 0 Å². The minimum atomic E-state index is -0.552. The number of aromatic nitrogens is 1. The molecule has 3 atom stereocenters. The van der Waals surface area contributed by atoms with Crippen molar-refractivity contribution in [1.29, 1.82) is 0 Å². The van der Waals surface area contributed by atoms with Gasteiger partial charge in [-0.15, -0.1) is 0 Å². The summed E-state index contributed by atoms with van der Waals surface area (Å²) in [6.45, 7) is 4.21. The maximum absolute atomic E-state index is 13.0. The third-order valence-electron chi connectivity index (χ3n) is 5.48. The maximum atomic E-state index is 13.0. The van der Waals surface area contributed by atoms with Crippen LogP contribution in [-0.2, 0) is 16.6 Å². The normalized spacial score (nSPS) is 29.1. The molecule has 0 aromatic carbocycles. The van der Waals surface area contributed by atoms with Crippen LogP contribution in [-0.4, -0.2) is 40.0 Å². The standard InChI is InChI=1S/C17H23ClN2O3/c1-4-17(16(22)23-5-2)9-12-6-7-14(17)20(12)15(21)13-8-11(18)10-19(13)3/h8,10,12,14H,4-7,9H2,1-3H3/t12-,14+,17+/m1/s1. The third-order valence-corrected chi connectivity index (χ3v) is 5.68. The van der Waals surface area contributed by atoms with E-state index in [1.54, 1.807) is 16.8 Å². The number of carbonyl (C=O) groups excluding carboxylic acids is 2. The molecule has 0 aliphatic carbocycles. The first-order valence-corrected chi connectivity index (χ1v) is 8.64. The largest absolute Gasteiger partial charge is 0.466 e. The summed E-state index contributed by atoms with van der Waals surface area (Å²) < 4.78 is 7.08. The molecule has 2 bridgehead atoms. The number of fused-ring (bicyclic) bond motifs is 2.